The number of halogens is 1. The number of rotatable bonds is 6. The highest BCUT2D eigenvalue weighted by atomic mass is 35.5. The fourth-order valence-electron chi connectivity index (χ4n) is 2.80. The summed E-state index contributed by atoms with van der Waals surface area (Å²) in [5.41, 5.74) is 0.902. The number of sulfonamides is 1. The van der Waals surface area contributed by atoms with E-state index in [0.29, 0.717) is 28.4 Å². The van der Waals surface area contributed by atoms with Gasteiger partial charge in [-0.2, -0.15) is 5.10 Å². The van der Waals surface area contributed by atoms with Gasteiger partial charge in [-0.3, -0.25) is 9.52 Å². The summed E-state index contributed by atoms with van der Waals surface area (Å²) in [4.78, 5) is 11.1. The lowest BCUT2D eigenvalue weighted by molar-refractivity contribution is 0.483. The minimum absolute atomic E-state index is 0.0599. The minimum Gasteiger partial charge on any atom is -0.457 e. The summed E-state index contributed by atoms with van der Waals surface area (Å²) in [6.07, 6.45) is 0. The fourth-order valence-corrected chi connectivity index (χ4v) is 4.39. The predicted molar refractivity (Wildman–Crippen MR) is 119 cm³/mol. The number of hydrogen-bond acceptors (Lipinski definition) is 5. The van der Waals surface area contributed by atoms with Crippen LogP contribution in [0.5, 0.6) is 11.5 Å². The van der Waals surface area contributed by atoms with E-state index in [9.17, 15) is 13.2 Å². The maximum absolute atomic E-state index is 12.9. The van der Waals surface area contributed by atoms with Gasteiger partial charge in [-0.05, 0) is 54.6 Å². The third-order valence-corrected chi connectivity index (χ3v) is 6.14. The average Bonchev–Trinajstić information content (AvgIpc) is 2.76. The number of aromatic amines is 1. The van der Waals surface area contributed by atoms with E-state index in [4.69, 9.17) is 16.3 Å². The highest BCUT2D eigenvalue weighted by Gasteiger charge is 2.19. The number of hydrogen-bond donors (Lipinski definition) is 2. The molecule has 31 heavy (non-hydrogen) atoms. The van der Waals surface area contributed by atoms with E-state index >= 15 is 0 Å². The molecule has 0 radical (unpaired) electrons. The zero-order valence-corrected chi connectivity index (χ0v) is 17.5. The maximum Gasteiger partial charge on any atom is 0.264 e. The third-order valence-electron chi connectivity index (χ3n) is 4.28. The molecule has 3 aromatic carbocycles. The van der Waals surface area contributed by atoms with Crippen molar-refractivity contribution in [2.45, 2.75) is 4.90 Å². The summed E-state index contributed by atoms with van der Waals surface area (Å²) < 4.78 is 34.1. The molecule has 0 fully saturated rings. The highest BCUT2D eigenvalue weighted by molar-refractivity contribution is 7.92. The van der Waals surface area contributed by atoms with Gasteiger partial charge < -0.3 is 4.74 Å². The Hall–Kier alpha value is -3.62. The van der Waals surface area contributed by atoms with Gasteiger partial charge in [0.05, 0.1) is 10.7 Å². The lowest BCUT2D eigenvalue weighted by Gasteiger charge is -2.12. The van der Waals surface area contributed by atoms with Crippen LogP contribution in [0.2, 0.25) is 5.02 Å². The molecule has 0 aliphatic carbocycles. The molecular weight excluding hydrogens is 438 g/mol. The second-order valence-electron chi connectivity index (χ2n) is 6.50. The van der Waals surface area contributed by atoms with Gasteiger partial charge in [-0.15, -0.1) is 0 Å². The molecule has 156 valence electrons. The summed E-state index contributed by atoms with van der Waals surface area (Å²) in [7, 11) is -3.98. The van der Waals surface area contributed by atoms with Gasteiger partial charge >= 0.3 is 0 Å². The smallest absolute Gasteiger partial charge is 0.264 e. The van der Waals surface area contributed by atoms with Gasteiger partial charge in [-0.25, -0.2) is 13.5 Å². The largest absolute Gasteiger partial charge is 0.457 e. The number of ether oxygens (including phenoxy) is 1. The second-order valence-corrected chi connectivity index (χ2v) is 8.55. The predicted octanol–water partition coefficient (Wildman–Crippen LogP) is 4.68. The average molecular weight is 454 g/mol. The molecule has 1 heterocycles. The van der Waals surface area contributed by atoms with Gasteiger partial charge in [0.25, 0.3) is 15.6 Å². The maximum atomic E-state index is 12.9. The molecule has 0 aliphatic heterocycles. The van der Waals surface area contributed by atoms with Crippen LogP contribution in [0.1, 0.15) is 0 Å². The number of benzene rings is 3. The van der Waals surface area contributed by atoms with Crippen LogP contribution < -0.4 is 15.0 Å². The van der Waals surface area contributed by atoms with E-state index in [2.05, 4.69) is 14.9 Å². The molecule has 0 unspecified atom stereocenters. The number of H-pyrrole nitrogens is 1. The highest BCUT2D eigenvalue weighted by Crippen LogP contribution is 2.29. The first-order chi connectivity index (χ1) is 14.9. The van der Waals surface area contributed by atoms with E-state index in [1.165, 1.54) is 24.3 Å². The van der Waals surface area contributed by atoms with Gasteiger partial charge in [0.15, 0.2) is 0 Å². The Kier molecular flexibility index (Phi) is 5.75. The van der Waals surface area contributed by atoms with Crippen molar-refractivity contribution in [3.63, 3.8) is 0 Å². The number of aromatic nitrogens is 2. The zero-order chi connectivity index (χ0) is 21.8. The van der Waals surface area contributed by atoms with E-state index in [0.717, 1.165) is 0 Å². The normalized spacial score (nSPS) is 11.1. The van der Waals surface area contributed by atoms with Crippen molar-refractivity contribution in [3.05, 3.63) is 100 Å². The summed E-state index contributed by atoms with van der Waals surface area (Å²) in [5, 5.41) is 6.30. The van der Waals surface area contributed by atoms with Crippen LogP contribution >= 0.6 is 11.6 Å². The molecule has 0 saturated carbocycles. The van der Waals surface area contributed by atoms with Crippen molar-refractivity contribution in [3.8, 4) is 22.8 Å². The van der Waals surface area contributed by atoms with Crippen LogP contribution in [0, 0.1) is 0 Å². The van der Waals surface area contributed by atoms with Crippen LogP contribution in [0.25, 0.3) is 11.3 Å². The van der Waals surface area contributed by atoms with Gasteiger partial charge in [0.1, 0.15) is 16.4 Å². The number of anilines is 1. The topological polar surface area (TPSA) is 101 Å². The molecule has 9 heteroatoms. The van der Waals surface area contributed by atoms with E-state index in [1.807, 2.05) is 30.3 Å². The van der Waals surface area contributed by atoms with Crippen LogP contribution in [0.4, 0.5) is 5.69 Å². The Balaban J connectivity index is 1.56. The molecule has 0 atom stereocenters. The van der Waals surface area contributed by atoms with Crippen molar-refractivity contribution in [1.82, 2.24) is 10.2 Å². The first kappa shape index (κ1) is 20.6. The second kappa shape index (κ2) is 8.63. The van der Waals surface area contributed by atoms with Crippen molar-refractivity contribution in [2.75, 3.05) is 4.72 Å². The van der Waals surface area contributed by atoms with Crippen LogP contribution in [-0.2, 0) is 10.0 Å². The monoisotopic (exact) mass is 453 g/mol. The Labute approximate surface area is 183 Å². The summed E-state index contributed by atoms with van der Waals surface area (Å²) in [6, 6.07) is 23.1. The van der Waals surface area contributed by atoms with Crippen LogP contribution in [0.3, 0.4) is 0 Å². The quantitative estimate of drug-likeness (QED) is 0.441. The van der Waals surface area contributed by atoms with Crippen LogP contribution in [0.15, 0.2) is 94.6 Å². The van der Waals surface area contributed by atoms with Gasteiger partial charge in [0.2, 0.25) is 0 Å². The molecule has 0 amide bonds. The van der Waals surface area contributed by atoms with E-state index in [1.54, 1.807) is 30.3 Å². The molecule has 0 saturated heterocycles. The molecule has 1 aromatic heterocycles. The molecule has 4 aromatic rings. The standard InChI is InChI=1S/C22H16ClN3O4S/c23-19-11-6-15(20-12-13-22(27)25-24-20)14-21(19)31(28,29)26-16-7-9-18(10-8-16)30-17-4-2-1-3-5-17/h1-14,26H,(H,25,27). The summed E-state index contributed by atoms with van der Waals surface area (Å²) in [6.45, 7) is 0. The van der Waals surface area contributed by atoms with Crippen molar-refractivity contribution < 1.29 is 13.2 Å². The third kappa shape index (κ3) is 4.93. The lowest BCUT2D eigenvalue weighted by atomic mass is 10.1. The number of nitrogens with one attached hydrogen (secondary N) is 2. The Morgan fingerprint density at radius 2 is 1.58 bits per heavy atom. The molecule has 0 aliphatic rings. The fraction of sp³-hybridized carbons (Fsp3) is 0. The van der Waals surface area contributed by atoms with Crippen molar-refractivity contribution in [2.24, 2.45) is 0 Å². The van der Waals surface area contributed by atoms with Crippen molar-refractivity contribution in [1.29, 1.82) is 0 Å². The molecule has 7 nitrogen and oxygen atoms in total. The minimum atomic E-state index is -3.98. The summed E-state index contributed by atoms with van der Waals surface area (Å²) in [5.74, 6) is 1.24. The Morgan fingerprint density at radius 3 is 2.26 bits per heavy atom. The van der Waals surface area contributed by atoms with Crippen LogP contribution in [-0.4, -0.2) is 18.6 Å². The van der Waals surface area contributed by atoms with E-state index in [-0.39, 0.29) is 15.5 Å². The Morgan fingerprint density at radius 1 is 0.871 bits per heavy atom. The molecule has 4 rings (SSSR count). The van der Waals surface area contributed by atoms with Gasteiger partial charge in [-0.1, -0.05) is 35.9 Å². The van der Waals surface area contributed by atoms with Gasteiger partial charge in [0, 0.05) is 17.3 Å². The SMILES string of the molecule is O=c1ccc(-c2ccc(Cl)c(S(=O)(=O)Nc3ccc(Oc4ccccc4)cc3)c2)n[nH]1. The molecule has 2 N–H and O–H groups in total. The van der Waals surface area contributed by atoms with E-state index < -0.39 is 10.0 Å². The lowest BCUT2D eigenvalue weighted by Crippen LogP contribution is -2.13. The molecular formula is C22H16ClN3O4S. The summed E-state index contributed by atoms with van der Waals surface area (Å²) >= 11 is 6.16. The number of para-hydroxylation sites is 1. The Bertz CT molecular complexity index is 1350. The first-order valence-corrected chi connectivity index (χ1v) is 11.0. The molecule has 0 bridgehead atoms. The zero-order valence-electron chi connectivity index (χ0n) is 15.9. The number of nitrogens with zero attached hydrogens (tertiary/aromatic N) is 1. The first-order valence-electron chi connectivity index (χ1n) is 9.12. The van der Waals surface area contributed by atoms with Crippen molar-refractivity contribution >= 4 is 27.3 Å². The molecule has 0 spiro atoms.